The molecule has 1 fully saturated rings. The van der Waals surface area contributed by atoms with E-state index in [1.807, 2.05) is 36.7 Å². The molecule has 1 saturated heterocycles. The molecule has 0 unspecified atom stereocenters. The molecule has 1 aliphatic rings. The zero-order valence-corrected chi connectivity index (χ0v) is 18.7. The van der Waals surface area contributed by atoms with Gasteiger partial charge in [0.2, 0.25) is 0 Å². The number of ether oxygens (including phenoxy) is 2. The summed E-state index contributed by atoms with van der Waals surface area (Å²) in [5.41, 5.74) is 1.18. The summed E-state index contributed by atoms with van der Waals surface area (Å²) >= 11 is 0. The van der Waals surface area contributed by atoms with E-state index in [1.54, 1.807) is 0 Å². The number of nitrogens with one attached hydrogen (secondary N) is 2. The van der Waals surface area contributed by atoms with Gasteiger partial charge in [-0.05, 0) is 25.5 Å². The topological polar surface area (TPSA) is 88.8 Å². The van der Waals surface area contributed by atoms with Gasteiger partial charge in [-0.1, -0.05) is 30.3 Å². The van der Waals surface area contributed by atoms with E-state index in [1.165, 1.54) is 5.56 Å². The summed E-state index contributed by atoms with van der Waals surface area (Å²) in [5, 5.41) is 15.1. The number of aromatic nitrogens is 3. The van der Waals surface area contributed by atoms with Crippen LogP contribution in [-0.4, -0.2) is 78.2 Å². The van der Waals surface area contributed by atoms with E-state index in [0.717, 1.165) is 63.4 Å². The van der Waals surface area contributed by atoms with E-state index >= 15 is 0 Å². The molecule has 0 saturated carbocycles. The summed E-state index contributed by atoms with van der Waals surface area (Å²) in [6.07, 6.45) is 1.05. The second kappa shape index (κ2) is 13.0. The number of morpholine rings is 1. The second-order valence-corrected chi connectivity index (χ2v) is 7.59. The van der Waals surface area contributed by atoms with Crippen molar-refractivity contribution in [3.63, 3.8) is 0 Å². The van der Waals surface area contributed by atoms with Crippen LogP contribution in [0.2, 0.25) is 0 Å². The first-order valence-electron chi connectivity index (χ1n) is 11.0. The van der Waals surface area contributed by atoms with E-state index in [4.69, 9.17) is 14.5 Å². The molecule has 9 heteroatoms. The molecule has 0 bridgehead atoms. The van der Waals surface area contributed by atoms with Gasteiger partial charge in [-0.3, -0.25) is 4.90 Å². The Bertz CT molecular complexity index is 788. The van der Waals surface area contributed by atoms with Gasteiger partial charge < -0.3 is 24.7 Å². The smallest absolute Gasteiger partial charge is 0.191 e. The van der Waals surface area contributed by atoms with Crippen LogP contribution in [0.4, 0.5) is 0 Å². The Morgan fingerprint density at radius 1 is 1.13 bits per heavy atom. The number of nitrogens with zero attached hydrogens (tertiary/aromatic N) is 5. The summed E-state index contributed by atoms with van der Waals surface area (Å²) in [7, 11) is 1.96. The normalized spacial score (nSPS) is 15.2. The van der Waals surface area contributed by atoms with Crippen molar-refractivity contribution in [2.24, 2.45) is 12.0 Å². The van der Waals surface area contributed by atoms with Gasteiger partial charge >= 0.3 is 0 Å². The molecule has 1 aromatic carbocycles. The van der Waals surface area contributed by atoms with Crippen LogP contribution >= 0.6 is 0 Å². The van der Waals surface area contributed by atoms with Crippen LogP contribution < -0.4 is 10.6 Å². The SMILES string of the molecule is Cc1nnc(CN=C(NCCCN2CCOCC2)NCCOCc2ccccc2)n1C. The maximum Gasteiger partial charge on any atom is 0.191 e. The summed E-state index contributed by atoms with van der Waals surface area (Å²) in [5.74, 6) is 2.49. The molecule has 9 nitrogen and oxygen atoms in total. The molecule has 1 aliphatic heterocycles. The van der Waals surface area contributed by atoms with Crippen molar-refractivity contribution in [3.05, 3.63) is 47.5 Å². The summed E-state index contributed by atoms with van der Waals surface area (Å²) < 4.78 is 13.1. The third kappa shape index (κ3) is 8.28. The number of hydrogen-bond donors (Lipinski definition) is 2. The summed E-state index contributed by atoms with van der Waals surface area (Å²) in [4.78, 5) is 7.13. The average molecular weight is 430 g/mol. The number of aryl methyl sites for hydroxylation is 1. The number of hydrogen-bond acceptors (Lipinski definition) is 6. The second-order valence-electron chi connectivity index (χ2n) is 7.59. The van der Waals surface area contributed by atoms with Gasteiger partial charge in [-0.15, -0.1) is 10.2 Å². The van der Waals surface area contributed by atoms with Crippen molar-refractivity contribution in [1.29, 1.82) is 0 Å². The molecule has 0 atom stereocenters. The van der Waals surface area contributed by atoms with Gasteiger partial charge in [0.05, 0.1) is 26.4 Å². The lowest BCUT2D eigenvalue weighted by Gasteiger charge is -2.26. The molecule has 2 N–H and O–H groups in total. The van der Waals surface area contributed by atoms with Crippen LogP contribution in [0.15, 0.2) is 35.3 Å². The highest BCUT2D eigenvalue weighted by atomic mass is 16.5. The number of benzene rings is 1. The van der Waals surface area contributed by atoms with Crippen molar-refractivity contribution < 1.29 is 9.47 Å². The van der Waals surface area contributed by atoms with Crippen molar-refractivity contribution in [3.8, 4) is 0 Å². The molecule has 0 aliphatic carbocycles. The standard InChI is InChI=1S/C22H35N7O2/c1-19-26-27-21(28(19)2)17-25-22(23-9-6-11-29-12-15-30-16-13-29)24-10-14-31-18-20-7-4-3-5-8-20/h3-5,7-8H,6,9-18H2,1-2H3,(H2,23,24,25). The molecule has 2 aromatic rings. The van der Waals surface area contributed by atoms with Gasteiger partial charge in [-0.25, -0.2) is 4.99 Å². The highest BCUT2D eigenvalue weighted by Crippen LogP contribution is 2.01. The van der Waals surface area contributed by atoms with Gasteiger partial charge in [0.15, 0.2) is 11.8 Å². The van der Waals surface area contributed by atoms with E-state index in [-0.39, 0.29) is 0 Å². The Morgan fingerprint density at radius 3 is 2.65 bits per heavy atom. The van der Waals surface area contributed by atoms with Gasteiger partial charge in [0.25, 0.3) is 0 Å². The van der Waals surface area contributed by atoms with E-state index in [9.17, 15) is 0 Å². The largest absolute Gasteiger partial charge is 0.379 e. The molecule has 2 heterocycles. The first kappa shape index (κ1) is 23.2. The molecular weight excluding hydrogens is 394 g/mol. The highest BCUT2D eigenvalue weighted by Gasteiger charge is 2.10. The molecule has 0 radical (unpaired) electrons. The molecule has 0 amide bonds. The average Bonchev–Trinajstić information content (AvgIpc) is 3.13. The lowest BCUT2D eigenvalue weighted by Crippen LogP contribution is -2.41. The Hall–Kier alpha value is -2.49. The van der Waals surface area contributed by atoms with Crippen LogP contribution in [0, 0.1) is 6.92 Å². The minimum atomic E-state index is 0.473. The van der Waals surface area contributed by atoms with Gasteiger partial charge in [0.1, 0.15) is 12.4 Å². The third-order valence-corrected chi connectivity index (χ3v) is 5.26. The quantitative estimate of drug-likeness (QED) is 0.314. The third-order valence-electron chi connectivity index (χ3n) is 5.26. The Morgan fingerprint density at radius 2 is 1.90 bits per heavy atom. The fourth-order valence-electron chi connectivity index (χ4n) is 3.25. The summed E-state index contributed by atoms with van der Waals surface area (Å²) in [6, 6.07) is 10.2. The Kier molecular flexibility index (Phi) is 9.75. The Labute approximate surface area is 184 Å². The van der Waals surface area contributed by atoms with Crippen molar-refractivity contribution in [2.45, 2.75) is 26.5 Å². The fourth-order valence-corrected chi connectivity index (χ4v) is 3.25. The lowest BCUT2D eigenvalue weighted by molar-refractivity contribution is 0.0376. The predicted octanol–water partition coefficient (Wildman–Crippen LogP) is 1.10. The maximum absolute atomic E-state index is 5.77. The van der Waals surface area contributed by atoms with Crippen LogP contribution in [0.25, 0.3) is 0 Å². The Balaban J connectivity index is 1.42. The number of aliphatic imine (C=N–C) groups is 1. The number of guanidine groups is 1. The number of rotatable bonds is 11. The maximum atomic E-state index is 5.77. The van der Waals surface area contributed by atoms with Gasteiger partial charge in [0, 0.05) is 33.2 Å². The van der Waals surface area contributed by atoms with Crippen molar-refractivity contribution >= 4 is 5.96 Å². The van der Waals surface area contributed by atoms with Crippen LogP contribution in [0.5, 0.6) is 0 Å². The molecule has 1 aromatic heterocycles. The molecular formula is C22H35N7O2. The zero-order valence-electron chi connectivity index (χ0n) is 18.7. The zero-order chi connectivity index (χ0) is 21.7. The molecule has 3 rings (SSSR count). The molecule has 31 heavy (non-hydrogen) atoms. The first-order chi connectivity index (χ1) is 15.2. The monoisotopic (exact) mass is 429 g/mol. The first-order valence-corrected chi connectivity index (χ1v) is 11.0. The van der Waals surface area contributed by atoms with Gasteiger partial charge in [-0.2, -0.15) is 0 Å². The minimum Gasteiger partial charge on any atom is -0.379 e. The van der Waals surface area contributed by atoms with Crippen LogP contribution in [0.1, 0.15) is 23.6 Å². The predicted molar refractivity (Wildman–Crippen MR) is 121 cm³/mol. The summed E-state index contributed by atoms with van der Waals surface area (Å²) in [6.45, 7) is 9.93. The highest BCUT2D eigenvalue weighted by molar-refractivity contribution is 5.79. The van der Waals surface area contributed by atoms with E-state index in [0.29, 0.717) is 26.3 Å². The fraction of sp³-hybridized carbons (Fsp3) is 0.591. The van der Waals surface area contributed by atoms with Crippen molar-refractivity contribution in [1.82, 2.24) is 30.3 Å². The lowest BCUT2D eigenvalue weighted by atomic mass is 10.2. The van der Waals surface area contributed by atoms with Crippen molar-refractivity contribution in [2.75, 3.05) is 52.5 Å². The molecule has 170 valence electrons. The minimum absolute atomic E-state index is 0.473. The van der Waals surface area contributed by atoms with E-state index in [2.05, 4.69) is 37.9 Å². The molecule has 0 spiro atoms. The van der Waals surface area contributed by atoms with Crippen LogP contribution in [-0.2, 0) is 29.7 Å². The van der Waals surface area contributed by atoms with E-state index < -0.39 is 0 Å². The van der Waals surface area contributed by atoms with Crippen LogP contribution in [0.3, 0.4) is 0 Å².